The Morgan fingerprint density at radius 1 is 0.648 bits per heavy atom. The summed E-state index contributed by atoms with van der Waals surface area (Å²) in [4.78, 5) is 65.5. The molecule has 0 saturated heterocycles. The van der Waals surface area contributed by atoms with Crippen LogP contribution in [0.5, 0.6) is 0 Å². The maximum absolute atomic E-state index is 13.7. The van der Waals surface area contributed by atoms with E-state index in [1.54, 1.807) is 36.8 Å². The van der Waals surface area contributed by atoms with Crippen molar-refractivity contribution in [2.75, 3.05) is 85.9 Å². The number of aliphatic hydroxyl groups excluding tert-OH is 1. The van der Waals surface area contributed by atoms with E-state index in [-0.39, 0.29) is 49.9 Å². The van der Waals surface area contributed by atoms with E-state index in [9.17, 15) is 19.2 Å². The summed E-state index contributed by atoms with van der Waals surface area (Å²) in [6.07, 6.45) is 5.98. The minimum absolute atomic E-state index is 0.0431. The molecular formula is C41H44N6O7. The molecule has 0 unspecified atom stereocenters. The average molecular weight is 733 g/mol. The molecule has 0 atom stereocenters. The number of hydrogen-bond acceptors (Lipinski definition) is 10. The van der Waals surface area contributed by atoms with Gasteiger partial charge in [-0.3, -0.25) is 33.9 Å². The van der Waals surface area contributed by atoms with Crippen LogP contribution in [0.15, 0.2) is 85.5 Å². The molecule has 2 aliphatic rings. The third-order valence-corrected chi connectivity index (χ3v) is 10.1. The number of amides is 4. The summed E-state index contributed by atoms with van der Waals surface area (Å²) < 4.78 is 12.9. The second-order valence-corrected chi connectivity index (χ2v) is 13.5. The van der Waals surface area contributed by atoms with Crippen LogP contribution in [0, 0.1) is 0 Å². The van der Waals surface area contributed by atoms with E-state index in [4.69, 9.17) is 14.6 Å². The SMILES string of the molecule is CN(CCCN(CCOCCOCCO)CCN1C(=O)c2cccc3cccc(c23)C1=O)CCN1C(=O)c2cccc3c(-n4ccnc4)ccc(c23)C1=O. The van der Waals surface area contributed by atoms with Crippen LogP contribution in [0.3, 0.4) is 0 Å². The zero-order valence-corrected chi connectivity index (χ0v) is 30.4. The first-order chi connectivity index (χ1) is 26.4. The van der Waals surface area contributed by atoms with Crippen LogP contribution in [0.25, 0.3) is 27.2 Å². The molecule has 2 aliphatic heterocycles. The normalized spacial score (nSPS) is 14.1. The summed E-state index contributed by atoms with van der Waals surface area (Å²) in [7, 11) is 1.97. The van der Waals surface area contributed by atoms with Crippen LogP contribution in [0.2, 0.25) is 0 Å². The molecule has 7 rings (SSSR count). The zero-order valence-electron chi connectivity index (χ0n) is 30.4. The second-order valence-electron chi connectivity index (χ2n) is 13.5. The van der Waals surface area contributed by atoms with Crippen LogP contribution in [-0.4, -0.2) is 144 Å². The fourth-order valence-electron chi connectivity index (χ4n) is 7.35. The molecular weight excluding hydrogens is 688 g/mol. The third-order valence-electron chi connectivity index (χ3n) is 10.1. The van der Waals surface area contributed by atoms with Crippen molar-refractivity contribution in [2.24, 2.45) is 0 Å². The molecule has 0 fully saturated rings. The highest BCUT2D eigenvalue weighted by Crippen LogP contribution is 2.34. The van der Waals surface area contributed by atoms with Crippen molar-refractivity contribution in [3.63, 3.8) is 0 Å². The predicted octanol–water partition coefficient (Wildman–Crippen LogP) is 3.72. The van der Waals surface area contributed by atoms with Crippen molar-refractivity contribution >= 4 is 45.2 Å². The van der Waals surface area contributed by atoms with E-state index in [1.807, 2.05) is 60.3 Å². The standard InChI is InChI=1S/C41H44N6O7/c1-43(18-20-46-40(51)33-11-4-8-30-35(45-17-14-42-28-45)13-12-34(37(30)33)41(46)52)15-5-16-44(22-24-53-26-27-54-25-23-48)19-21-47-38(49)31-9-2-6-29-7-3-10-32(36(29)31)39(47)50/h2-4,6-14,17,28,48H,5,15-16,18-27H2,1H3. The molecule has 0 radical (unpaired) electrons. The minimum Gasteiger partial charge on any atom is -0.394 e. The van der Waals surface area contributed by atoms with E-state index in [0.717, 1.165) is 22.9 Å². The van der Waals surface area contributed by atoms with Gasteiger partial charge in [0, 0.05) is 83.5 Å². The molecule has 13 nitrogen and oxygen atoms in total. The molecule has 1 N–H and O–H groups in total. The maximum Gasteiger partial charge on any atom is 0.261 e. The Morgan fingerprint density at radius 3 is 1.91 bits per heavy atom. The van der Waals surface area contributed by atoms with E-state index in [0.29, 0.717) is 85.6 Å². The number of nitrogens with zero attached hydrogens (tertiary/aromatic N) is 6. The second kappa shape index (κ2) is 16.8. The molecule has 0 saturated carbocycles. The van der Waals surface area contributed by atoms with Crippen molar-refractivity contribution in [3.05, 3.63) is 108 Å². The number of rotatable bonds is 19. The number of aromatic nitrogens is 2. The molecule has 280 valence electrons. The van der Waals surface area contributed by atoms with Gasteiger partial charge in [-0.1, -0.05) is 36.4 Å². The third kappa shape index (κ3) is 7.54. The van der Waals surface area contributed by atoms with Crippen molar-refractivity contribution in [1.82, 2.24) is 29.2 Å². The van der Waals surface area contributed by atoms with Crippen LogP contribution < -0.4 is 0 Å². The van der Waals surface area contributed by atoms with Gasteiger partial charge in [0.1, 0.15) is 0 Å². The van der Waals surface area contributed by atoms with Gasteiger partial charge in [-0.15, -0.1) is 0 Å². The molecule has 5 aromatic rings. The summed E-state index contributed by atoms with van der Waals surface area (Å²) in [5.74, 6) is -1.19. The smallest absolute Gasteiger partial charge is 0.261 e. The van der Waals surface area contributed by atoms with E-state index < -0.39 is 0 Å². The lowest BCUT2D eigenvalue weighted by Gasteiger charge is -2.31. The van der Waals surface area contributed by atoms with E-state index >= 15 is 0 Å². The maximum atomic E-state index is 13.7. The van der Waals surface area contributed by atoms with E-state index in [1.165, 1.54) is 9.80 Å². The first kappa shape index (κ1) is 37.0. The molecule has 0 bridgehead atoms. The Hall–Kier alpha value is -5.31. The number of aliphatic hydroxyl groups is 1. The Balaban J connectivity index is 0.951. The summed E-state index contributed by atoms with van der Waals surface area (Å²) >= 11 is 0. The molecule has 0 aliphatic carbocycles. The van der Waals surface area contributed by atoms with Crippen LogP contribution in [0.4, 0.5) is 0 Å². The highest BCUT2D eigenvalue weighted by atomic mass is 16.5. The van der Waals surface area contributed by atoms with Gasteiger partial charge in [0.15, 0.2) is 0 Å². The lowest BCUT2D eigenvalue weighted by Crippen LogP contribution is -2.45. The highest BCUT2D eigenvalue weighted by molar-refractivity contribution is 6.27. The van der Waals surface area contributed by atoms with Crippen molar-refractivity contribution in [3.8, 4) is 5.69 Å². The first-order valence-corrected chi connectivity index (χ1v) is 18.3. The number of carbonyl (C=O) groups is 4. The Morgan fingerprint density at radius 2 is 1.26 bits per heavy atom. The lowest BCUT2D eigenvalue weighted by atomic mass is 9.93. The first-order valence-electron chi connectivity index (χ1n) is 18.3. The Bertz CT molecular complexity index is 2100. The molecule has 1 aromatic heterocycles. The topological polar surface area (TPSA) is 138 Å². The van der Waals surface area contributed by atoms with Gasteiger partial charge in [-0.25, -0.2) is 4.98 Å². The van der Waals surface area contributed by atoms with Crippen molar-refractivity contribution < 1.29 is 33.8 Å². The molecule has 0 spiro atoms. The summed E-state index contributed by atoms with van der Waals surface area (Å²) in [6, 6.07) is 20.3. The fraction of sp³-hybridized carbons (Fsp3) is 0.341. The highest BCUT2D eigenvalue weighted by Gasteiger charge is 2.34. The van der Waals surface area contributed by atoms with Gasteiger partial charge in [-0.05, 0) is 62.3 Å². The van der Waals surface area contributed by atoms with Gasteiger partial charge in [-0.2, -0.15) is 0 Å². The van der Waals surface area contributed by atoms with Gasteiger partial charge in [0.2, 0.25) is 0 Å². The van der Waals surface area contributed by atoms with Gasteiger partial charge < -0.3 is 24.0 Å². The lowest BCUT2D eigenvalue weighted by molar-refractivity contribution is 0.0254. The Kier molecular flexibility index (Phi) is 11.5. The largest absolute Gasteiger partial charge is 0.394 e. The minimum atomic E-state index is -0.303. The number of likely N-dealkylation sites (N-methyl/N-ethyl adjacent to an activating group) is 1. The van der Waals surface area contributed by atoms with Crippen LogP contribution in [0.1, 0.15) is 47.9 Å². The quantitative estimate of drug-likeness (QED) is 0.0989. The van der Waals surface area contributed by atoms with Gasteiger partial charge in [0.25, 0.3) is 23.6 Å². The van der Waals surface area contributed by atoms with Gasteiger partial charge in [0.05, 0.1) is 45.0 Å². The molecule has 13 heteroatoms. The number of carbonyl (C=O) groups excluding carboxylic acids is 4. The summed E-state index contributed by atoms with van der Waals surface area (Å²) in [6.45, 7) is 4.80. The number of imidazole rings is 1. The summed E-state index contributed by atoms with van der Waals surface area (Å²) in [5.41, 5.74) is 2.94. The molecule has 3 heterocycles. The molecule has 4 amide bonds. The summed E-state index contributed by atoms with van der Waals surface area (Å²) in [5, 5.41) is 12.0. The zero-order chi connectivity index (χ0) is 37.6. The van der Waals surface area contributed by atoms with Crippen molar-refractivity contribution in [1.29, 1.82) is 0 Å². The molecule has 54 heavy (non-hydrogen) atoms. The predicted molar refractivity (Wildman–Crippen MR) is 203 cm³/mol. The molecule has 4 aromatic carbocycles. The van der Waals surface area contributed by atoms with Gasteiger partial charge >= 0.3 is 0 Å². The van der Waals surface area contributed by atoms with Crippen LogP contribution >= 0.6 is 0 Å². The Labute approximate surface area is 313 Å². The van der Waals surface area contributed by atoms with Crippen LogP contribution in [-0.2, 0) is 9.47 Å². The monoisotopic (exact) mass is 732 g/mol. The van der Waals surface area contributed by atoms with Crippen molar-refractivity contribution in [2.45, 2.75) is 6.42 Å². The number of imide groups is 2. The number of hydrogen-bond donors (Lipinski definition) is 1. The number of benzene rings is 4. The average Bonchev–Trinajstić information content (AvgIpc) is 3.73. The fourth-order valence-corrected chi connectivity index (χ4v) is 7.35. The number of ether oxygens (including phenoxy) is 2. The van der Waals surface area contributed by atoms with E-state index in [2.05, 4.69) is 14.8 Å².